The summed E-state index contributed by atoms with van der Waals surface area (Å²) >= 11 is 5.87. The first kappa shape index (κ1) is 22.0. The quantitative estimate of drug-likeness (QED) is 0.423. The highest BCUT2D eigenvalue weighted by Crippen LogP contribution is 2.29. The third-order valence-electron chi connectivity index (χ3n) is 4.20. The van der Waals surface area contributed by atoms with Gasteiger partial charge >= 0.3 is 12.1 Å². The molecule has 0 spiro atoms. The van der Waals surface area contributed by atoms with E-state index in [-0.39, 0.29) is 22.7 Å². The average molecular weight is 484 g/mol. The number of benzene rings is 1. The first-order valence-electron chi connectivity index (χ1n) is 8.89. The second-order valence-electron chi connectivity index (χ2n) is 6.84. The van der Waals surface area contributed by atoms with Gasteiger partial charge in [0.05, 0.1) is 21.2 Å². The molecule has 166 valence electrons. The Hall–Kier alpha value is -3.25. The molecule has 0 saturated carbocycles. The van der Waals surface area contributed by atoms with Crippen molar-refractivity contribution in [3.8, 4) is 11.4 Å². The van der Waals surface area contributed by atoms with Gasteiger partial charge < -0.3 is 8.92 Å². The van der Waals surface area contributed by atoms with Gasteiger partial charge in [0.25, 0.3) is 5.91 Å². The van der Waals surface area contributed by atoms with Crippen molar-refractivity contribution in [3.63, 3.8) is 0 Å². The van der Waals surface area contributed by atoms with Crippen LogP contribution in [0.1, 0.15) is 21.9 Å². The summed E-state index contributed by atoms with van der Waals surface area (Å²) in [5.41, 5.74) is 1.20. The Morgan fingerprint density at radius 1 is 1.25 bits per heavy atom. The van der Waals surface area contributed by atoms with Gasteiger partial charge in [-0.3, -0.25) is 4.79 Å². The van der Waals surface area contributed by atoms with Crippen LogP contribution in [0.3, 0.4) is 0 Å². The zero-order chi connectivity index (χ0) is 23.1. The molecule has 0 N–H and O–H groups in total. The van der Waals surface area contributed by atoms with E-state index in [1.54, 1.807) is 22.7 Å². The van der Waals surface area contributed by atoms with E-state index in [4.69, 9.17) is 11.6 Å². The molecule has 0 aliphatic heterocycles. The van der Waals surface area contributed by atoms with Gasteiger partial charge in [-0.1, -0.05) is 22.8 Å². The summed E-state index contributed by atoms with van der Waals surface area (Å²) in [6, 6.07) is 9.08. The highest BCUT2D eigenvalue weighted by Gasteiger charge is 2.38. The molecule has 0 fully saturated rings. The number of aromatic nitrogens is 4. The molecular formula is C19H13ClF3N5O3S. The van der Waals surface area contributed by atoms with Gasteiger partial charge in [-0.25, -0.2) is 9.19 Å². The van der Waals surface area contributed by atoms with Crippen LogP contribution in [0.2, 0.25) is 5.02 Å². The lowest BCUT2D eigenvalue weighted by atomic mass is 10.2. The van der Waals surface area contributed by atoms with Gasteiger partial charge in [-0.2, -0.15) is 22.5 Å². The molecule has 1 amide bonds. The van der Waals surface area contributed by atoms with Crippen molar-refractivity contribution in [3.05, 3.63) is 71.0 Å². The number of carbonyl (C=O) groups is 1. The number of carbonyl (C=O) groups excluding carboxylic acids is 1. The van der Waals surface area contributed by atoms with E-state index in [1.165, 1.54) is 36.7 Å². The molecule has 4 rings (SSSR count). The van der Waals surface area contributed by atoms with Crippen LogP contribution < -0.4 is 0 Å². The van der Waals surface area contributed by atoms with Crippen LogP contribution in [-0.4, -0.2) is 35.9 Å². The smallest absolute Gasteiger partial charge is 0.329 e. The first-order chi connectivity index (χ1) is 15.0. The molecule has 1 aromatic carbocycles. The number of rotatable bonds is 4. The maximum atomic E-state index is 12.9. The van der Waals surface area contributed by atoms with Crippen molar-refractivity contribution >= 4 is 32.9 Å². The molecule has 8 nitrogen and oxygen atoms in total. The molecule has 0 radical (unpaired) electrons. The zero-order valence-electron chi connectivity index (χ0n) is 16.2. The fourth-order valence-electron chi connectivity index (χ4n) is 2.86. The van der Waals surface area contributed by atoms with E-state index in [0.717, 1.165) is 0 Å². The Morgan fingerprint density at radius 2 is 2.03 bits per heavy atom. The summed E-state index contributed by atoms with van der Waals surface area (Å²) < 4.78 is 60.5. The van der Waals surface area contributed by atoms with Crippen LogP contribution in [0, 0.1) is 0 Å². The van der Waals surface area contributed by atoms with Crippen molar-refractivity contribution in [2.24, 2.45) is 4.36 Å². The fraction of sp³-hybridized carbons (Fsp3) is 0.158. The number of nitrogens with zero attached hydrogens (tertiary/aromatic N) is 5. The fourth-order valence-corrected chi connectivity index (χ4v) is 4.25. The Labute approximate surface area is 184 Å². The Bertz CT molecular complexity index is 1450. The summed E-state index contributed by atoms with van der Waals surface area (Å²) in [6.45, 7) is 0. The number of alkyl halides is 3. The van der Waals surface area contributed by atoms with Gasteiger partial charge in [0.1, 0.15) is 5.65 Å². The van der Waals surface area contributed by atoms with Crippen molar-refractivity contribution in [2.45, 2.75) is 11.9 Å². The summed E-state index contributed by atoms with van der Waals surface area (Å²) in [6.07, 6.45) is -0.290. The summed E-state index contributed by atoms with van der Waals surface area (Å²) in [5, 5.41) is 3.70. The van der Waals surface area contributed by atoms with Crippen LogP contribution in [0.5, 0.6) is 0 Å². The largest absolute Gasteiger partial charge is 0.471 e. The summed E-state index contributed by atoms with van der Waals surface area (Å²) in [4.78, 5) is 20.0. The van der Waals surface area contributed by atoms with Crippen molar-refractivity contribution in [1.82, 2.24) is 19.5 Å². The SMILES string of the molecule is CS(=O)(Cc1cn2ccc(-c3noc(C(F)(F)F)n3)cc2n1)=NC(=O)c1cccc(Cl)c1. The van der Waals surface area contributed by atoms with Gasteiger partial charge in [0.2, 0.25) is 5.82 Å². The average Bonchev–Trinajstić information content (AvgIpc) is 3.33. The lowest BCUT2D eigenvalue weighted by Gasteiger charge is -2.02. The highest BCUT2D eigenvalue weighted by atomic mass is 35.5. The maximum absolute atomic E-state index is 12.9. The number of amides is 1. The first-order valence-corrected chi connectivity index (χ1v) is 11.4. The molecule has 1 atom stereocenters. The molecule has 3 aromatic heterocycles. The van der Waals surface area contributed by atoms with E-state index in [1.807, 2.05) is 0 Å². The Morgan fingerprint density at radius 3 is 2.72 bits per heavy atom. The summed E-state index contributed by atoms with van der Waals surface area (Å²) in [5.74, 6) is -2.47. The van der Waals surface area contributed by atoms with Gasteiger partial charge in [-0.05, 0) is 30.3 Å². The Kier molecular flexibility index (Phi) is 5.51. The van der Waals surface area contributed by atoms with E-state index >= 15 is 0 Å². The van der Waals surface area contributed by atoms with Gasteiger partial charge in [0.15, 0.2) is 0 Å². The number of pyridine rings is 1. The molecule has 3 heterocycles. The third-order valence-corrected chi connectivity index (χ3v) is 5.82. The maximum Gasteiger partial charge on any atom is 0.471 e. The van der Waals surface area contributed by atoms with Crippen LogP contribution in [-0.2, 0) is 21.7 Å². The molecule has 0 aliphatic rings. The standard InChI is InChI=1S/C19H13ClF3N5O3S/c1-32(30,27-17(29)12-3-2-4-13(20)7-12)10-14-9-28-6-5-11(8-15(28)24-14)16-25-18(31-26-16)19(21,22)23/h2-9H,10H2,1H3. The minimum absolute atomic E-state index is 0.114. The molecule has 0 aliphatic carbocycles. The van der Waals surface area contributed by atoms with E-state index < -0.39 is 27.7 Å². The minimum Gasteiger partial charge on any atom is -0.329 e. The van der Waals surface area contributed by atoms with Crippen LogP contribution in [0.4, 0.5) is 13.2 Å². The third kappa shape index (κ3) is 4.81. The second-order valence-corrected chi connectivity index (χ2v) is 9.67. The van der Waals surface area contributed by atoms with E-state index in [9.17, 15) is 22.2 Å². The summed E-state index contributed by atoms with van der Waals surface area (Å²) in [7, 11) is -2.98. The normalized spacial score (nSPS) is 13.8. The molecule has 0 saturated heterocycles. The molecular weight excluding hydrogens is 471 g/mol. The van der Waals surface area contributed by atoms with E-state index in [2.05, 4.69) is 24.0 Å². The molecule has 13 heteroatoms. The number of imidazole rings is 1. The molecule has 4 aromatic rings. The number of fused-ring (bicyclic) bond motifs is 1. The van der Waals surface area contributed by atoms with Crippen molar-refractivity contribution in [1.29, 1.82) is 0 Å². The number of hydrogen-bond acceptors (Lipinski definition) is 6. The molecule has 32 heavy (non-hydrogen) atoms. The zero-order valence-corrected chi connectivity index (χ0v) is 17.8. The lowest BCUT2D eigenvalue weighted by Crippen LogP contribution is -2.06. The monoisotopic (exact) mass is 483 g/mol. The van der Waals surface area contributed by atoms with Crippen molar-refractivity contribution < 1.29 is 26.7 Å². The minimum atomic E-state index is -4.75. The van der Waals surface area contributed by atoms with Gasteiger partial charge in [0, 0.05) is 34.8 Å². The number of halogens is 4. The van der Waals surface area contributed by atoms with Crippen LogP contribution in [0.25, 0.3) is 17.0 Å². The Balaban J connectivity index is 1.59. The van der Waals surface area contributed by atoms with Gasteiger partial charge in [-0.15, -0.1) is 0 Å². The van der Waals surface area contributed by atoms with E-state index in [0.29, 0.717) is 16.4 Å². The number of hydrogen-bond donors (Lipinski definition) is 0. The predicted molar refractivity (Wildman–Crippen MR) is 109 cm³/mol. The van der Waals surface area contributed by atoms with Crippen LogP contribution in [0.15, 0.2) is 57.7 Å². The molecule has 0 bridgehead atoms. The predicted octanol–water partition coefficient (Wildman–Crippen LogP) is 4.49. The van der Waals surface area contributed by atoms with Crippen molar-refractivity contribution in [2.75, 3.05) is 6.26 Å². The lowest BCUT2D eigenvalue weighted by molar-refractivity contribution is -0.159. The highest BCUT2D eigenvalue weighted by molar-refractivity contribution is 7.92. The topological polar surface area (TPSA) is 103 Å². The van der Waals surface area contributed by atoms with Crippen LogP contribution >= 0.6 is 11.6 Å². The molecule has 1 unspecified atom stereocenters. The second kappa shape index (κ2) is 8.02.